The molecule has 3 nitrogen and oxygen atoms in total. The zero-order valence-corrected chi connectivity index (χ0v) is 11.1. The van der Waals surface area contributed by atoms with Crippen molar-refractivity contribution in [3.8, 4) is 0 Å². The first-order chi connectivity index (χ1) is 9.08. The molecule has 0 aromatic heterocycles. The summed E-state index contributed by atoms with van der Waals surface area (Å²) in [6.45, 7) is 1.23. The van der Waals surface area contributed by atoms with Gasteiger partial charge in [-0.15, -0.1) is 0 Å². The molecule has 0 bridgehead atoms. The summed E-state index contributed by atoms with van der Waals surface area (Å²) in [7, 11) is 0. The fourth-order valence-electron chi connectivity index (χ4n) is 1.68. The second kappa shape index (κ2) is 6.30. The second-order valence-corrected chi connectivity index (χ2v) is 4.99. The van der Waals surface area contributed by atoms with Gasteiger partial charge in [-0.25, -0.2) is 8.78 Å². The minimum atomic E-state index is -0.819. The maximum Gasteiger partial charge on any atom is 0.254 e. The Morgan fingerprint density at radius 2 is 2.00 bits per heavy atom. The summed E-state index contributed by atoms with van der Waals surface area (Å²) in [5.74, 6) is -2.25. The van der Waals surface area contributed by atoms with Crippen molar-refractivity contribution in [1.82, 2.24) is 10.6 Å². The number of rotatable bonds is 6. The highest BCUT2D eigenvalue weighted by Crippen LogP contribution is 2.19. The number of halogens is 3. The molecule has 0 radical (unpaired) electrons. The molecule has 1 aliphatic rings. The highest BCUT2D eigenvalue weighted by atomic mass is 35.5. The SMILES string of the molecule is O=C(NCCCNC1CC1)c1cc(F)c(Cl)cc1F. The molecular formula is C13H15ClF2N2O. The van der Waals surface area contributed by atoms with E-state index < -0.39 is 17.5 Å². The Hall–Kier alpha value is -1.20. The van der Waals surface area contributed by atoms with Gasteiger partial charge in [0.25, 0.3) is 5.91 Å². The van der Waals surface area contributed by atoms with E-state index in [1.807, 2.05) is 0 Å². The third-order valence-corrected chi connectivity index (χ3v) is 3.19. The van der Waals surface area contributed by atoms with Gasteiger partial charge in [0.15, 0.2) is 0 Å². The topological polar surface area (TPSA) is 41.1 Å². The smallest absolute Gasteiger partial charge is 0.254 e. The molecule has 1 aliphatic carbocycles. The lowest BCUT2D eigenvalue weighted by Crippen LogP contribution is -2.28. The third-order valence-electron chi connectivity index (χ3n) is 2.90. The summed E-state index contributed by atoms with van der Waals surface area (Å²) in [6.07, 6.45) is 3.17. The van der Waals surface area contributed by atoms with Crippen LogP contribution in [0.3, 0.4) is 0 Å². The molecule has 0 saturated heterocycles. The molecule has 2 N–H and O–H groups in total. The lowest BCUT2D eigenvalue weighted by Gasteiger charge is -2.07. The minimum Gasteiger partial charge on any atom is -0.352 e. The number of benzene rings is 1. The van der Waals surface area contributed by atoms with Crippen molar-refractivity contribution >= 4 is 17.5 Å². The van der Waals surface area contributed by atoms with Gasteiger partial charge < -0.3 is 10.6 Å². The molecule has 6 heteroatoms. The Kier molecular flexibility index (Phi) is 4.71. The van der Waals surface area contributed by atoms with Gasteiger partial charge >= 0.3 is 0 Å². The number of amides is 1. The Bertz CT molecular complexity index is 478. The predicted octanol–water partition coefficient (Wildman–Crippen LogP) is 2.49. The average molecular weight is 289 g/mol. The average Bonchev–Trinajstić information content (AvgIpc) is 3.17. The van der Waals surface area contributed by atoms with Gasteiger partial charge in [-0.2, -0.15) is 0 Å². The van der Waals surface area contributed by atoms with E-state index in [0.29, 0.717) is 12.6 Å². The molecule has 1 aromatic rings. The number of hydrogen-bond donors (Lipinski definition) is 2. The maximum atomic E-state index is 13.4. The molecule has 0 unspecified atom stereocenters. The fraction of sp³-hybridized carbons (Fsp3) is 0.462. The first-order valence-corrected chi connectivity index (χ1v) is 6.62. The summed E-state index contributed by atoms with van der Waals surface area (Å²) in [4.78, 5) is 11.7. The predicted molar refractivity (Wildman–Crippen MR) is 69.3 cm³/mol. The summed E-state index contributed by atoms with van der Waals surface area (Å²) >= 11 is 5.42. The van der Waals surface area contributed by atoms with E-state index in [4.69, 9.17) is 11.6 Å². The zero-order valence-electron chi connectivity index (χ0n) is 10.3. The molecule has 0 atom stereocenters. The summed E-state index contributed by atoms with van der Waals surface area (Å²) in [5.41, 5.74) is -0.322. The van der Waals surface area contributed by atoms with Crippen LogP contribution in [-0.2, 0) is 0 Å². The fourth-order valence-corrected chi connectivity index (χ4v) is 1.83. The molecular weight excluding hydrogens is 274 g/mol. The van der Waals surface area contributed by atoms with Gasteiger partial charge in [-0.1, -0.05) is 11.6 Å². The van der Waals surface area contributed by atoms with E-state index in [-0.39, 0.29) is 10.6 Å². The van der Waals surface area contributed by atoms with Crippen LogP contribution in [0.1, 0.15) is 29.6 Å². The molecule has 0 heterocycles. The van der Waals surface area contributed by atoms with Crippen LogP contribution >= 0.6 is 11.6 Å². The highest BCUT2D eigenvalue weighted by molar-refractivity contribution is 6.30. The quantitative estimate of drug-likeness (QED) is 0.624. The normalized spacial score (nSPS) is 14.5. The van der Waals surface area contributed by atoms with Gasteiger partial charge in [-0.05, 0) is 37.9 Å². The lowest BCUT2D eigenvalue weighted by molar-refractivity contribution is 0.0948. The highest BCUT2D eigenvalue weighted by Gasteiger charge is 2.19. The number of carbonyl (C=O) groups excluding carboxylic acids is 1. The van der Waals surface area contributed by atoms with Crippen molar-refractivity contribution in [1.29, 1.82) is 0 Å². The minimum absolute atomic E-state index is 0.322. The molecule has 19 heavy (non-hydrogen) atoms. The molecule has 2 rings (SSSR count). The van der Waals surface area contributed by atoms with Gasteiger partial charge in [0.05, 0.1) is 10.6 Å². The van der Waals surface area contributed by atoms with Crippen LogP contribution in [0.15, 0.2) is 12.1 Å². The summed E-state index contributed by atoms with van der Waals surface area (Å²) < 4.78 is 26.6. The molecule has 1 fully saturated rings. The molecule has 1 aromatic carbocycles. The molecule has 0 spiro atoms. The number of hydrogen-bond acceptors (Lipinski definition) is 2. The van der Waals surface area contributed by atoms with Crippen molar-refractivity contribution in [2.45, 2.75) is 25.3 Å². The van der Waals surface area contributed by atoms with Crippen LogP contribution in [0.2, 0.25) is 5.02 Å². The van der Waals surface area contributed by atoms with Gasteiger partial charge in [0.1, 0.15) is 11.6 Å². The lowest BCUT2D eigenvalue weighted by atomic mass is 10.2. The number of nitrogens with one attached hydrogen (secondary N) is 2. The number of carbonyl (C=O) groups is 1. The van der Waals surface area contributed by atoms with Crippen molar-refractivity contribution in [2.24, 2.45) is 0 Å². The van der Waals surface area contributed by atoms with Crippen molar-refractivity contribution in [2.75, 3.05) is 13.1 Å². The maximum absolute atomic E-state index is 13.4. The van der Waals surface area contributed by atoms with E-state index in [2.05, 4.69) is 10.6 Å². The summed E-state index contributed by atoms with van der Waals surface area (Å²) in [5, 5.41) is 5.52. The first-order valence-electron chi connectivity index (χ1n) is 6.24. The zero-order chi connectivity index (χ0) is 13.8. The van der Waals surface area contributed by atoms with Crippen LogP contribution in [-0.4, -0.2) is 25.0 Å². The Morgan fingerprint density at radius 3 is 2.68 bits per heavy atom. The largest absolute Gasteiger partial charge is 0.352 e. The molecule has 104 valence electrons. The van der Waals surface area contributed by atoms with Crippen LogP contribution in [0, 0.1) is 11.6 Å². The molecule has 1 saturated carbocycles. The van der Waals surface area contributed by atoms with E-state index in [0.717, 1.165) is 25.1 Å². The monoisotopic (exact) mass is 288 g/mol. The van der Waals surface area contributed by atoms with Crippen LogP contribution in [0.4, 0.5) is 8.78 Å². The Balaban J connectivity index is 1.79. The second-order valence-electron chi connectivity index (χ2n) is 4.58. The Labute approximate surface area is 115 Å². The third kappa shape index (κ3) is 4.14. The van der Waals surface area contributed by atoms with E-state index in [1.54, 1.807) is 0 Å². The van der Waals surface area contributed by atoms with Crippen LogP contribution in [0.5, 0.6) is 0 Å². The van der Waals surface area contributed by atoms with Gasteiger partial charge in [-0.3, -0.25) is 4.79 Å². The van der Waals surface area contributed by atoms with E-state index in [1.165, 1.54) is 12.8 Å². The van der Waals surface area contributed by atoms with Crippen LogP contribution < -0.4 is 10.6 Å². The van der Waals surface area contributed by atoms with Crippen LogP contribution in [0.25, 0.3) is 0 Å². The summed E-state index contributed by atoms with van der Waals surface area (Å²) in [6, 6.07) is 2.24. The van der Waals surface area contributed by atoms with Crippen molar-refractivity contribution in [3.05, 3.63) is 34.4 Å². The molecule has 1 amide bonds. The standard InChI is InChI=1S/C13H15ClF2N2O/c14-10-7-11(15)9(6-12(10)16)13(19)18-5-1-4-17-8-2-3-8/h6-8,17H,1-5H2,(H,18,19). The molecule has 0 aliphatic heterocycles. The Morgan fingerprint density at radius 1 is 1.26 bits per heavy atom. The first kappa shape index (κ1) is 14.2. The van der Waals surface area contributed by atoms with Gasteiger partial charge in [0.2, 0.25) is 0 Å². The van der Waals surface area contributed by atoms with E-state index >= 15 is 0 Å². The van der Waals surface area contributed by atoms with Gasteiger partial charge in [0, 0.05) is 12.6 Å². The van der Waals surface area contributed by atoms with Crippen molar-refractivity contribution < 1.29 is 13.6 Å². The van der Waals surface area contributed by atoms with E-state index in [9.17, 15) is 13.6 Å². The van der Waals surface area contributed by atoms with Crippen molar-refractivity contribution in [3.63, 3.8) is 0 Å².